The molecule has 0 amide bonds. The molecule has 2 atom stereocenters. The Morgan fingerprint density at radius 3 is 2.72 bits per heavy atom. The summed E-state index contributed by atoms with van der Waals surface area (Å²) in [6.07, 6.45) is 6.32. The topological polar surface area (TPSA) is 66.3 Å². The molecule has 6 heteroatoms. The Bertz CT molecular complexity index is 597. The molecule has 2 heterocycles. The van der Waals surface area contributed by atoms with Crippen molar-refractivity contribution in [3.8, 4) is 0 Å². The predicted octanol–water partition coefficient (Wildman–Crippen LogP) is 2.61. The van der Waals surface area contributed by atoms with Crippen LogP contribution in [0.25, 0.3) is 0 Å². The van der Waals surface area contributed by atoms with Crippen molar-refractivity contribution in [1.29, 1.82) is 0 Å². The number of nitrogens with one attached hydrogen (secondary N) is 1. The van der Waals surface area contributed by atoms with E-state index in [4.69, 9.17) is 14.5 Å². The zero-order valence-electron chi connectivity index (χ0n) is 17.8. The lowest BCUT2D eigenvalue weighted by molar-refractivity contribution is -0.0721. The maximum absolute atomic E-state index is 10.4. The van der Waals surface area contributed by atoms with Crippen molar-refractivity contribution in [2.24, 2.45) is 4.99 Å². The maximum Gasteiger partial charge on any atom is 0.194 e. The Morgan fingerprint density at radius 2 is 2.03 bits per heavy atom. The highest BCUT2D eigenvalue weighted by Gasteiger charge is 2.24. The first-order valence-electron chi connectivity index (χ1n) is 11.2. The summed E-state index contributed by atoms with van der Waals surface area (Å²) in [6.45, 7) is 6.77. The van der Waals surface area contributed by atoms with Crippen molar-refractivity contribution in [2.75, 3.05) is 39.4 Å². The molecular weight excluding hydrogens is 366 g/mol. The minimum absolute atomic E-state index is 0.284. The fourth-order valence-corrected chi connectivity index (χ4v) is 3.98. The Balaban J connectivity index is 1.42. The molecule has 2 unspecified atom stereocenters. The second-order valence-corrected chi connectivity index (χ2v) is 8.05. The van der Waals surface area contributed by atoms with Crippen molar-refractivity contribution in [1.82, 2.24) is 10.2 Å². The van der Waals surface area contributed by atoms with Gasteiger partial charge in [0.1, 0.15) is 0 Å². The van der Waals surface area contributed by atoms with Crippen LogP contribution in [0.15, 0.2) is 35.3 Å². The Hall–Kier alpha value is -1.63. The summed E-state index contributed by atoms with van der Waals surface area (Å²) in [5, 5.41) is 13.7. The molecule has 2 saturated heterocycles. The van der Waals surface area contributed by atoms with Gasteiger partial charge in [-0.2, -0.15) is 0 Å². The Morgan fingerprint density at radius 1 is 1.24 bits per heavy atom. The highest BCUT2D eigenvalue weighted by Crippen LogP contribution is 2.18. The quantitative estimate of drug-likeness (QED) is 0.516. The molecule has 2 aliphatic rings. The molecule has 0 spiro atoms. The van der Waals surface area contributed by atoms with Gasteiger partial charge in [0.05, 0.1) is 31.5 Å². The summed E-state index contributed by atoms with van der Waals surface area (Å²) in [5.41, 5.74) is 1.14. The monoisotopic (exact) mass is 403 g/mol. The normalized spacial score (nSPS) is 22.5. The van der Waals surface area contributed by atoms with E-state index in [1.165, 1.54) is 12.8 Å². The van der Waals surface area contributed by atoms with Crippen LogP contribution in [-0.4, -0.2) is 73.7 Å². The molecule has 2 N–H and O–H groups in total. The first-order chi connectivity index (χ1) is 14.2. The summed E-state index contributed by atoms with van der Waals surface area (Å²) in [5.74, 6) is 0.897. The van der Waals surface area contributed by atoms with Gasteiger partial charge in [-0.15, -0.1) is 0 Å². The summed E-state index contributed by atoms with van der Waals surface area (Å²) >= 11 is 0. The number of hydrogen-bond acceptors (Lipinski definition) is 4. The minimum atomic E-state index is -0.470. The van der Waals surface area contributed by atoms with Gasteiger partial charge in [0.25, 0.3) is 0 Å². The van der Waals surface area contributed by atoms with E-state index in [1.54, 1.807) is 0 Å². The van der Waals surface area contributed by atoms with Crippen molar-refractivity contribution >= 4 is 5.96 Å². The van der Waals surface area contributed by atoms with Crippen LogP contribution in [0.1, 0.15) is 44.6 Å². The highest BCUT2D eigenvalue weighted by atomic mass is 16.5. The first-order valence-corrected chi connectivity index (χ1v) is 11.2. The molecule has 6 nitrogen and oxygen atoms in total. The zero-order chi connectivity index (χ0) is 20.3. The molecule has 0 radical (unpaired) electrons. The molecule has 0 aromatic heterocycles. The summed E-state index contributed by atoms with van der Waals surface area (Å²) in [6, 6.07) is 10.1. The number of nitrogens with zero attached hydrogens (tertiary/aromatic N) is 2. The van der Waals surface area contributed by atoms with Crippen LogP contribution in [0, 0.1) is 0 Å². The van der Waals surface area contributed by atoms with Crippen LogP contribution in [-0.2, 0) is 15.9 Å². The van der Waals surface area contributed by atoms with Gasteiger partial charge in [-0.1, -0.05) is 30.3 Å². The highest BCUT2D eigenvalue weighted by molar-refractivity contribution is 5.80. The van der Waals surface area contributed by atoms with Gasteiger partial charge in [-0.05, 0) is 44.6 Å². The predicted molar refractivity (Wildman–Crippen MR) is 116 cm³/mol. The Kier molecular flexibility index (Phi) is 9.25. The third-order valence-electron chi connectivity index (χ3n) is 5.63. The molecule has 0 aliphatic carbocycles. The number of aliphatic hydroxyl groups is 1. The van der Waals surface area contributed by atoms with Crippen LogP contribution in [0.4, 0.5) is 0 Å². The molecule has 29 heavy (non-hydrogen) atoms. The Labute approximate surface area is 175 Å². The maximum atomic E-state index is 10.4. The molecular formula is C23H37N3O3. The van der Waals surface area contributed by atoms with Gasteiger partial charge in [-0.3, -0.25) is 4.99 Å². The average molecular weight is 404 g/mol. The summed E-state index contributed by atoms with van der Waals surface area (Å²) in [4.78, 5) is 6.99. The lowest BCUT2D eigenvalue weighted by atomic mass is 10.1. The average Bonchev–Trinajstić information content (AvgIpc) is 2.77. The molecule has 2 aliphatic heterocycles. The first kappa shape index (κ1) is 22.1. The van der Waals surface area contributed by atoms with Gasteiger partial charge in [-0.25, -0.2) is 0 Å². The van der Waals surface area contributed by atoms with E-state index in [1.807, 2.05) is 30.3 Å². The van der Waals surface area contributed by atoms with E-state index in [0.29, 0.717) is 19.1 Å². The second-order valence-electron chi connectivity index (χ2n) is 8.05. The van der Waals surface area contributed by atoms with Crippen molar-refractivity contribution in [3.05, 3.63) is 35.9 Å². The minimum Gasteiger partial charge on any atom is -0.391 e. The second kappa shape index (κ2) is 12.2. The van der Waals surface area contributed by atoms with Crippen LogP contribution in [0.3, 0.4) is 0 Å². The van der Waals surface area contributed by atoms with E-state index >= 15 is 0 Å². The van der Waals surface area contributed by atoms with Gasteiger partial charge >= 0.3 is 0 Å². The lowest BCUT2D eigenvalue weighted by Crippen LogP contribution is -2.47. The third-order valence-corrected chi connectivity index (χ3v) is 5.63. The van der Waals surface area contributed by atoms with Crippen molar-refractivity contribution in [3.63, 3.8) is 0 Å². The smallest absolute Gasteiger partial charge is 0.194 e. The third kappa shape index (κ3) is 7.61. The molecule has 0 bridgehead atoms. The number of ether oxygens (including phenoxy) is 2. The number of hydrogen-bond donors (Lipinski definition) is 2. The van der Waals surface area contributed by atoms with E-state index < -0.39 is 6.10 Å². The van der Waals surface area contributed by atoms with Gasteiger partial charge in [0.15, 0.2) is 5.96 Å². The largest absolute Gasteiger partial charge is 0.391 e. The zero-order valence-corrected chi connectivity index (χ0v) is 17.8. The molecule has 3 rings (SSSR count). The number of guanidine groups is 1. The van der Waals surface area contributed by atoms with Crippen LogP contribution in [0.2, 0.25) is 0 Å². The lowest BCUT2D eigenvalue weighted by Gasteiger charge is -2.35. The SMILES string of the molecule is CCNC(=NCC(O)Cc1ccccc1)N1CCC(OCC2CCCCO2)CC1. The van der Waals surface area contributed by atoms with E-state index in [9.17, 15) is 5.11 Å². The van der Waals surface area contributed by atoms with Gasteiger partial charge in [0, 0.05) is 32.7 Å². The van der Waals surface area contributed by atoms with Gasteiger partial charge in [0.2, 0.25) is 0 Å². The van der Waals surface area contributed by atoms with Crippen LogP contribution >= 0.6 is 0 Å². The number of piperidine rings is 1. The van der Waals surface area contributed by atoms with Crippen molar-refractivity contribution < 1.29 is 14.6 Å². The number of aliphatic hydroxyl groups excluding tert-OH is 1. The fraction of sp³-hybridized carbons (Fsp3) is 0.696. The van der Waals surface area contributed by atoms with E-state index in [-0.39, 0.29) is 6.10 Å². The number of benzene rings is 1. The van der Waals surface area contributed by atoms with E-state index in [0.717, 1.165) is 63.6 Å². The standard InChI is InChI=1S/C23H37N3O3/c1-2-24-23(25-17-20(27)16-19-8-4-3-5-9-19)26-13-11-21(12-14-26)29-18-22-10-6-7-15-28-22/h3-5,8-9,20-22,27H,2,6-7,10-18H2,1H3,(H,24,25). The molecule has 0 saturated carbocycles. The molecule has 1 aromatic rings. The number of likely N-dealkylation sites (tertiary alicyclic amines) is 1. The van der Waals surface area contributed by atoms with Crippen LogP contribution in [0.5, 0.6) is 0 Å². The van der Waals surface area contributed by atoms with Crippen molar-refractivity contribution in [2.45, 2.75) is 63.8 Å². The molecule has 2 fully saturated rings. The van der Waals surface area contributed by atoms with Gasteiger partial charge < -0.3 is 24.8 Å². The number of rotatable bonds is 8. The summed E-state index contributed by atoms with van der Waals surface area (Å²) < 4.78 is 11.9. The number of aliphatic imine (C=N–C) groups is 1. The fourth-order valence-electron chi connectivity index (χ4n) is 3.98. The van der Waals surface area contributed by atoms with E-state index in [2.05, 4.69) is 17.1 Å². The molecule has 1 aromatic carbocycles. The van der Waals surface area contributed by atoms with Crippen LogP contribution < -0.4 is 5.32 Å². The summed E-state index contributed by atoms with van der Waals surface area (Å²) in [7, 11) is 0. The molecule has 162 valence electrons.